The Morgan fingerprint density at radius 3 is 2.90 bits per heavy atom. The van der Waals surface area contributed by atoms with Crippen LogP contribution in [0.2, 0.25) is 0 Å². The van der Waals surface area contributed by atoms with E-state index in [9.17, 15) is 4.79 Å². The molecule has 1 N–H and O–H groups in total. The highest BCUT2D eigenvalue weighted by Crippen LogP contribution is 2.31. The van der Waals surface area contributed by atoms with E-state index in [1.807, 2.05) is 24.0 Å². The monoisotopic (exact) mass is 290 g/mol. The molecule has 5 nitrogen and oxygen atoms in total. The van der Waals surface area contributed by atoms with E-state index in [1.54, 1.807) is 0 Å². The van der Waals surface area contributed by atoms with E-state index in [0.717, 1.165) is 44.0 Å². The van der Waals surface area contributed by atoms with Crippen molar-refractivity contribution in [3.63, 3.8) is 0 Å². The first kappa shape index (κ1) is 14.2. The summed E-state index contributed by atoms with van der Waals surface area (Å²) in [5.74, 6) is 1.86. The molecule has 0 spiro atoms. The lowest BCUT2D eigenvalue weighted by Crippen LogP contribution is -2.38. The van der Waals surface area contributed by atoms with Crippen molar-refractivity contribution in [2.45, 2.75) is 25.8 Å². The largest absolute Gasteiger partial charge is 0.486 e. The molecule has 1 fully saturated rings. The predicted octanol–water partition coefficient (Wildman–Crippen LogP) is 1.21. The van der Waals surface area contributed by atoms with Gasteiger partial charge in [0.05, 0.1) is 6.04 Å². The number of ether oxygens (including phenoxy) is 2. The third-order valence-electron chi connectivity index (χ3n) is 4.02. The van der Waals surface area contributed by atoms with Crippen molar-refractivity contribution in [2.24, 2.45) is 0 Å². The molecule has 5 heteroatoms. The summed E-state index contributed by atoms with van der Waals surface area (Å²) < 4.78 is 11.1. The van der Waals surface area contributed by atoms with Crippen molar-refractivity contribution in [2.75, 3.05) is 32.8 Å². The first-order valence-electron chi connectivity index (χ1n) is 7.68. The standard InChI is InChI=1S/C16H22N2O3/c1-2-17-13-6-8-18(16(13)19)7-5-12-3-4-14-15(11-12)21-10-9-20-14/h3-4,11,13,17H,2,5-10H2,1H3. The molecular formula is C16H22N2O3. The minimum atomic E-state index is 0.00951. The Bertz CT molecular complexity index is 518. The van der Waals surface area contributed by atoms with Crippen LogP contribution in [0.1, 0.15) is 18.9 Å². The highest BCUT2D eigenvalue weighted by Gasteiger charge is 2.30. The molecular weight excluding hydrogens is 268 g/mol. The van der Waals surface area contributed by atoms with Crippen LogP contribution in [0.15, 0.2) is 18.2 Å². The van der Waals surface area contributed by atoms with Gasteiger partial charge in [-0.25, -0.2) is 0 Å². The zero-order valence-corrected chi connectivity index (χ0v) is 12.4. The van der Waals surface area contributed by atoms with Crippen molar-refractivity contribution in [1.82, 2.24) is 10.2 Å². The number of likely N-dealkylation sites (tertiary alicyclic amines) is 1. The molecule has 0 radical (unpaired) electrons. The van der Waals surface area contributed by atoms with Gasteiger partial charge in [0.2, 0.25) is 5.91 Å². The summed E-state index contributed by atoms with van der Waals surface area (Å²) in [4.78, 5) is 14.1. The number of nitrogens with zero attached hydrogens (tertiary/aromatic N) is 1. The van der Waals surface area contributed by atoms with Crippen LogP contribution in [0.3, 0.4) is 0 Å². The van der Waals surface area contributed by atoms with E-state index in [4.69, 9.17) is 9.47 Å². The summed E-state index contributed by atoms with van der Waals surface area (Å²) in [5.41, 5.74) is 1.18. The number of benzene rings is 1. The van der Waals surface area contributed by atoms with E-state index >= 15 is 0 Å². The fraction of sp³-hybridized carbons (Fsp3) is 0.562. The average Bonchev–Trinajstić information content (AvgIpc) is 2.86. The molecule has 0 aromatic heterocycles. The van der Waals surface area contributed by atoms with Crippen LogP contribution in [0.25, 0.3) is 0 Å². The van der Waals surface area contributed by atoms with E-state index < -0.39 is 0 Å². The zero-order valence-electron chi connectivity index (χ0n) is 12.4. The highest BCUT2D eigenvalue weighted by atomic mass is 16.6. The van der Waals surface area contributed by atoms with Gasteiger partial charge in [-0.2, -0.15) is 0 Å². The number of rotatable bonds is 5. The number of hydrogen-bond acceptors (Lipinski definition) is 4. The lowest BCUT2D eigenvalue weighted by atomic mass is 10.1. The van der Waals surface area contributed by atoms with Crippen molar-refractivity contribution < 1.29 is 14.3 Å². The minimum absolute atomic E-state index is 0.00951. The number of carbonyl (C=O) groups is 1. The van der Waals surface area contributed by atoms with E-state index in [1.165, 1.54) is 5.56 Å². The van der Waals surface area contributed by atoms with Crippen molar-refractivity contribution in [1.29, 1.82) is 0 Å². The molecule has 1 amide bonds. The normalized spacial score (nSPS) is 20.9. The fourth-order valence-electron chi connectivity index (χ4n) is 2.90. The van der Waals surface area contributed by atoms with Crippen LogP contribution >= 0.6 is 0 Å². The number of hydrogen-bond donors (Lipinski definition) is 1. The summed E-state index contributed by atoms with van der Waals surface area (Å²) in [5, 5.41) is 3.24. The topological polar surface area (TPSA) is 50.8 Å². The molecule has 21 heavy (non-hydrogen) atoms. The second-order valence-electron chi connectivity index (χ2n) is 5.45. The lowest BCUT2D eigenvalue weighted by Gasteiger charge is -2.20. The molecule has 0 aliphatic carbocycles. The Labute approximate surface area is 125 Å². The van der Waals surface area contributed by atoms with Gasteiger partial charge in [0, 0.05) is 13.1 Å². The molecule has 1 aromatic rings. The number of likely N-dealkylation sites (N-methyl/N-ethyl adjacent to an activating group) is 1. The van der Waals surface area contributed by atoms with Gasteiger partial charge in [-0.3, -0.25) is 4.79 Å². The van der Waals surface area contributed by atoms with Gasteiger partial charge in [-0.1, -0.05) is 13.0 Å². The van der Waals surface area contributed by atoms with Gasteiger partial charge < -0.3 is 19.7 Å². The summed E-state index contributed by atoms with van der Waals surface area (Å²) in [7, 11) is 0. The molecule has 2 aliphatic rings. The quantitative estimate of drug-likeness (QED) is 0.885. The smallest absolute Gasteiger partial charge is 0.239 e. The van der Waals surface area contributed by atoms with E-state index in [0.29, 0.717) is 13.2 Å². The fourth-order valence-corrected chi connectivity index (χ4v) is 2.90. The summed E-state index contributed by atoms with van der Waals surface area (Å²) in [6.07, 6.45) is 1.76. The van der Waals surface area contributed by atoms with Gasteiger partial charge in [0.15, 0.2) is 11.5 Å². The SMILES string of the molecule is CCNC1CCN(CCc2ccc3c(c2)OCCO3)C1=O. The molecule has 2 aliphatic heterocycles. The van der Waals surface area contributed by atoms with E-state index in [2.05, 4.69) is 11.4 Å². The van der Waals surface area contributed by atoms with Crippen LogP contribution in [0, 0.1) is 0 Å². The molecule has 1 aromatic carbocycles. The lowest BCUT2D eigenvalue weighted by molar-refractivity contribution is -0.129. The maximum absolute atomic E-state index is 12.2. The maximum atomic E-state index is 12.2. The Morgan fingerprint density at radius 2 is 2.10 bits per heavy atom. The molecule has 1 atom stereocenters. The molecule has 1 unspecified atom stereocenters. The highest BCUT2D eigenvalue weighted by molar-refractivity contribution is 5.83. The number of nitrogens with one attached hydrogen (secondary N) is 1. The van der Waals surface area contributed by atoms with Gasteiger partial charge in [-0.15, -0.1) is 0 Å². The van der Waals surface area contributed by atoms with Crippen molar-refractivity contribution in [3.8, 4) is 11.5 Å². The van der Waals surface area contributed by atoms with Crippen molar-refractivity contribution >= 4 is 5.91 Å². The molecule has 1 saturated heterocycles. The van der Waals surface area contributed by atoms with Crippen molar-refractivity contribution in [3.05, 3.63) is 23.8 Å². The number of fused-ring (bicyclic) bond motifs is 1. The minimum Gasteiger partial charge on any atom is -0.486 e. The summed E-state index contributed by atoms with van der Waals surface area (Å²) >= 11 is 0. The van der Waals surface area contributed by atoms with Crippen LogP contribution in [0.4, 0.5) is 0 Å². The van der Waals surface area contributed by atoms with Crippen LogP contribution in [0.5, 0.6) is 11.5 Å². The Kier molecular flexibility index (Phi) is 4.29. The Hall–Kier alpha value is -1.75. The second-order valence-corrected chi connectivity index (χ2v) is 5.45. The van der Waals surface area contributed by atoms with E-state index in [-0.39, 0.29) is 11.9 Å². The Morgan fingerprint density at radius 1 is 1.29 bits per heavy atom. The molecule has 2 heterocycles. The average molecular weight is 290 g/mol. The molecule has 3 rings (SSSR count). The summed E-state index contributed by atoms with van der Waals surface area (Å²) in [6.45, 7) is 5.70. The number of carbonyl (C=O) groups excluding carboxylic acids is 1. The molecule has 0 bridgehead atoms. The molecule has 114 valence electrons. The first-order valence-corrected chi connectivity index (χ1v) is 7.68. The number of amides is 1. The van der Waals surface area contributed by atoms with Crippen LogP contribution in [-0.2, 0) is 11.2 Å². The zero-order chi connectivity index (χ0) is 14.7. The van der Waals surface area contributed by atoms with Gasteiger partial charge >= 0.3 is 0 Å². The van der Waals surface area contributed by atoms with Crippen LogP contribution in [-0.4, -0.2) is 49.7 Å². The van der Waals surface area contributed by atoms with Gasteiger partial charge in [0.1, 0.15) is 13.2 Å². The second kappa shape index (κ2) is 6.35. The first-order chi connectivity index (χ1) is 10.3. The van der Waals surface area contributed by atoms with Gasteiger partial charge in [-0.05, 0) is 37.1 Å². The maximum Gasteiger partial charge on any atom is 0.239 e. The predicted molar refractivity (Wildman–Crippen MR) is 79.8 cm³/mol. The van der Waals surface area contributed by atoms with Gasteiger partial charge in [0.25, 0.3) is 0 Å². The summed E-state index contributed by atoms with van der Waals surface area (Å²) in [6, 6.07) is 6.04. The van der Waals surface area contributed by atoms with Crippen LogP contribution < -0.4 is 14.8 Å². The Balaban J connectivity index is 1.57. The molecule has 0 saturated carbocycles. The third kappa shape index (κ3) is 3.13. The third-order valence-corrected chi connectivity index (χ3v) is 4.02.